The first-order valence-electron chi connectivity index (χ1n) is 4.54. The van der Waals surface area contributed by atoms with Crippen LogP contribution in [0.15, 0.2) is 12.1 Å². The van der Waals surface area contributed by atoms with E-state index >= 15 is 0 Å². The lowest BCUT2D eigenvalue weighted by molar-refractivity contribution is 0.170. The molecule has 0 aliphatic rings. The van der Waals surface area contributed by atoms with E-state index in [9.17, 15) is 10.2 Å². The first-order valence-corrected chi connectivity index (χ1v) is 4.92. The van der Waals surface area contributed by atoms with Crippen LogP contribution in [0.3, 0.4) is 0 Å². The van der Waals surface area contributed by atoms with Gasteiger partial charge in [0.1, 0.15) is 0 Å². The van der Waals surface area contributed by atoms with Crippen LogP contribution in [-0.2, 0) is 0 Å². The van der Waals surface area contributed by atoms with Crippen molar-refractivity contribution in [3.8, 4) is 11.5 Å². The van der Waals surface area contributed by atoms with Crippen LogP contribution in [0.25, 0.3) is 0 Å². The van der Waals surface area contributed by atoms with Gasteiger partial charge in [-0.25, -0.2) is 0 Å². The number of phenolic OH excluding ortho intramolecular Hbond substituents is 1. The molecule has 0 saturated heterocycles. The summed E-state index contributed by atoms with van der Waals surface area (Å²) in [6, 6.07) is 2.85. The molecule has 4 N–H and O–H groups in total. The summed E-state index contributed by atoms with van der Waals surface area (Å²) in [6.07, 6.45) is -0.329. The number of hydrogen-bond donors (Lipinski definition) is 3. The maximum absolute atomic E-state index is 9.71. The molecule has 0 bridgehead atoms. The van der Waals surface area contributed by atoms with Gasteiger partial charge in [0, 0.05) is 11.6 Å². The van der Waals surface area contributed by atoms with Gasteiger partial charge in [-0.1, -0.05) is 11.6 Å². The molecule has 1 aromatic rings. The molecular weight excluding hydrogens is 218 g/mol. The molecule has 84 valence electrons. The fraction of sp³-hybridized carbons (Fsp3) is 0.400. The summed E-state index contributed by atoms with van der Waals surface area (Å²) in [6.45, 7) is 0.362. The lowest BCUT2D eigenvalue weighted by Gasteiger charge is -2.13. The molecule has 1 atom stereocenters. The largest absolute Gasteiger partial charge is 0.504 e. The summed E-state index contributed by atoms with van der Waals surface area (Å²) >= 11 is 5.87. The Morgan fingerprint density at radius 1 is 1.53 bits per heavy atom. The Kier molecular flexibility index (Phi) is 4.20. The third-order valence-corrected chi connectivity index (χ3v) is 2.42. The van der Waals surface area contributed by atoms with Crippen LogP contribution < -0.4 is 10.5 Å². The monoisotopic (exact) mass is 231 g/mol. The van der Waals surface area contributed by atoms with E-state index in [1.807, 2.05) is 0 Å². The molecule has 0 radical (unpaired) electrons. The molecule has 0 heterocycles. The minimum absolute atomic E-state index is 0.0498. The van der Waals surface area contributed by atoms with Crippen LogP contribution in [-0.4, -0.2) is 23.9 Å². The van der Waals surface area contributed by atoms with Gasteiger partial charge in [-0.3, -0.25) is 0 Å². The highest BCUT2D eigenvalue weighted by Crippen LogP contribution is 2.35. The van der Waals surface area contributed by atoms with Crippen molar-refractivity contribution < 1.29 is 14.9 Å². The third-order valence-electron chi connectivity index (χ3n) is 2.10. The number of halogens is 1. The number of hydrogen-bond acceptors (Lipinski definition) is 4. The van der Waals surface area contributed by atoms with Gasteiger partial charge in [0.25, 0.3) is 0 Å². The molecule has 0 aromatic heterocycles. The van der Waals surface area contributed by atoms with E-state index in [0.717, 1.165) is 0 Å². The SMILES string of the molecule is COc1cc(C(O)CCN)c(Cl)cc1O. The summed E-state index contributed by atoms with van der Waals surface area (Å²) in [5, 5.41) is 19.4. The quantitative estimate of drug-likeness (QED) is 0.733. The summed E-state index contributed by atoms with van der Waals surface area (Å²) in [4.78, 5) is 0. The van der Waals surface area contributed by atoms with Crippen LogP contribution in [0, 0.1) is 0 Å². The second-order valence-electron chi connectivity index (χ2n) is 3.14. The fourth-order valence-corrected chi connectivity index (χ4v) is 1.57. The van der Waals surface area contributed by atoms with Gasteiger partial charge in [0.15, 0.2) is 11.5 Å². The Morgan fingerprint density at radius 2 is 2.20 bits per heavy atom. The van der Waals surface area contributed by atoms with Crippen LogP contribution in [0.1, 0.15) is 18.1 Å². The number of nitrogens with two attached hydrogens (primary N) is 1. The first-order chi connectivity index (χ1) is 7.10. The number of aromatic hydroxyl groups is 1. The maximum Gasteiger partial charge on any atom is 0.160 e. The lowest BCUT2D eigenvalue weighted by atomic mass is 10.1. The molecular formula is C10H14ClNO3. The standard InChI is InChI=1S/C10H14ClNO3/c1-15-10-4-6(8(13)2-3-12)7(11)5-9(10)14/h4-5,8,13-14H,2-3,12H2,1H3. The Bertz CT molecular complexity index is 344. The van der Waals surface area contributed by atoms with Gasteiger partial charge in [-0.15, -0.1) is 0 Å². The van der Waals surface area contributed by atoms with Gasteiger partial charge in [-0.05, 0) is 19.0 Å². The van der Waals surface area contributed by atoms with Crippen molar-refractivity contribution >= 4 is 11.6 Å². The summed E-state index contributed by atoms with van der Waals surface area (Å²) < 4.78 is 4.92. The number of methoxy groups -OCH3 is 1. The molecule has 0 saturated carbocycles. The van der Waals surface area contributed by atoms with Crippen molar-refractivity contribution in [3.05, 3.63) is 22.7 Å². The van der Waals surface area contributed by atoms with Gasteiger partial charge < -0.3 is 20.7 Å². The van der Waals surface area contributed by atoms with E-state index in [4.69, 9.17) is 22.1 Å². The zero-order valence-corrected chi connectivity index (χ0v) is 9.16. The molecule has 0 aliphatic carbocycles. The summed E-state index contributed by atoms with van der Waals surface area (Å²) in [7, 11) is 1.43. The van der Waals surface area contributed by atoms with Gasteiger partial charge >= 0.3 is 0 Å². The van der Waals surface area contributed by atoms with Crippen LogP contribution in [0.4, 0.5) is 0 Å². The topological polar surface area (TPSA) is 75.7 Å². The van der Waals surface area contributed by atoms with Crippen molar-refractivity contribution in [1.82, 2.24) is 0 Å². The molecule has 5 heteroatoms. The van der Waals surface area contributed by atoms with E-state index in [-0.39, 0.29) is 11.5 Å². The number of rotatable bonds is 4. The molecule has 4 nitrogen and oxygen atoms in total. The molecule has 0 amide bonds. The average molecular weight is 232 g/mol. The highest BCUT2D eigenvalue weighted by Gasteiger charge is 2.14. The van der Waals surface area contributed by atoms with Crippen molar-refractivity contribution in [3.63, 3.8) is 0 Å². The van der Waals surface area contributed by atoms with E-state index in [0.29, 0.717) is 23.6 Å². The minimum Gasteiger partial charge on any atom is -0.504 e. The zero-order chi connectivity index (χ0) is 11.4. The highest BCUT2D eigenvalue weighted by molar-refractivity contribution is 6.31. The smallest absolute Gasteiger partial charge is 0.160 e. The van der Waals surface area contributed by atoms with Crippen LogP contribution in [0.2, 0.25) is 5.02 Å². The number of ether oxygens (including phenoxy) is 1. The highest BCUT2D eigenvalue weighted by atomic mass is 35.5. The number of benzene rings is 1. The zero-order valence-electron chi connectivity index (χ0n) is 8.40. The maximum atomic E-state index is 9.71. The van der Waals surface area contributed by atoms with Crippen molar-refractivity contribution in [1.29, 1.82) is 0 Å². The molecule has 0 fully saturated rings. The third kappa shape index (κ3) is 2.75. The van der Waals surface area contributed by atoms with Crippen molar-refractivity contribution in [2.75, 3.05) is 13.7 Å². The van der Waals surface area contributed by atoms with E-state index in [1.54, 1.807) is 0 Å². The van der Waals surface area contributed by atoms with Gasteiger partial charge in [-0.2, -0.15) is 0 Å². The second kappa shape index (κ2) is 5.21. The summed E-state index contributed by atoms with van der Waals surface area (Å²) in [5.41, 5.74) is 5.84. The Hall–Kier alpha value is -0.970. The number of phenols is 1. The van der Waals surface area contributed by atoms with Crippen molar-refractivity contribution in [2.45, 2.75) is 12.5 Å². The Balaban J connectivity index is 3.06. The fourth-order valence-electron chi connectivity index (χ4n) is 1.29. The molecule has 15 heavy (non-hydrogen) atoms. The molecule has 1 unspecified atom stereocenters. The lowest BCUT2D eigenvalue weighted by Crippen LogP contribution is -2.07. The van der Waals surface area contributed by atoms with Gasteiger partial charge in [0.2, 0.25) is 0 Å². The predicted molar refractivity (Wildman–Crippen MR) is 58.3 cm³/mol. The van der Waals surface area contributed by atoms with Crippen LogP contribution in [0.5, 0.6) is 11.5 Å². The molecule has 0 spiro atoms. The van der Waals surface area contributed by atoms with Crippen molar-refractivity contribution in [2.24, 2.45) is 5.73 Å². The summed E-state index contributed by atoms with van der Waals surface area (Å²) in [5.74, 6) is 0.233. The Morgan fingerprint density at radius 3 is 2.73 bits per heavy atom. The molecule has 1 aromatic carbocycles. The Labute approximate surface area is 93.2 Å². The van der Waals surface area contributed by atoms with E-state index in [2.05, 4.69) is 0 Å². The first kappa shape index (κ1) is 12.1. The number of aliphatic hydroxyl groups excluding tert-OH is 1. The average Bonchev–Trinajstić information content (AvgIpc) is 2.18. The van der Waals surface area contributed by atoms with Crippen LogP contribution >= 0.6 is 11.6 Å². The second-order valence-corrected chi connectivity index (χ2v) is 3.55. The van der Waals surface area contributed by atoms with E-state index < -0.39 is 6.10 Å². The minimum atomic E-state index is -0.739. The molecule has 1 rings (SSSR count). The predicted octanol–water partition coefficient (Wildman–Crippen LogP) is 1.44. The number of aliphatic hydroxyl groups is 1. The van der Waals surface area contributed by atoms with Gasteiger partial charge in [0.05, 0.1) is 18.2 Å². The normalized spacial score (nSPS) is 12.5. The molecule has 0 aliphatic heterocycles. The van der Waals surface area contributed by atoms with E-state index in [1.165, 1.54) is 19.2 Å².